The lowest BCUT2D eigenvalue weighted by atomic mass is 10.2. The molecule has 2 aromatic heterocycles. The highest BCUT2D eigenvalue weighted by atomic mass is 35.5. The number of aromatic nitrogens is 4. The van der Waals surface area contributed by atoms with E-state index in [4.69, 9.17) is 27.6 Å². The average Bonchev–Trinajstić information content (AvgIpc) is 3.13. The molecule has 2 heterocycles. The van der Waals surface area contributed by atoms with Gasteiger partial charge in [-0.3, -0.25) is 0 Å². The monoisotopic (exact) mass is 340 g/mol. The number of halogens is 2. The summed E-state index contributed by atoms with van der Waals surface area (Å²) in [5, 5.41) is 13.5. The third-order valence-electron chi connectivity index (χ3n) is 2.74. The minimum Gasteiger partial charge on any atom is -0.467 e. The first-order valence-electron chi connectivity index (χ1n) is 6.07. The van der Waals surface area contributed by atoms with Gasteiger partial charge in [-0.15, -0.1) is 5.10 Å². The van der Waals surface area contributed by atoms with Crippen LogP contribution in [0.2, 0.25) is 10.0 Å². The van der Waals surface area contributed by atoms with Crippen molar-refractivity contribution in [2.24, 2.45) is 0 Å². The predicted molar refractivity (Wildman–Crippen MR) is 81.7 cm³/mol. The molecule has 0 radical (unpaired) electrons. The average molecular weight is 341 g/mol. The Kier molecular flexibility index (Phi) is 4.48. The standard InChI is InChI=1S/C13H10Cl2N4OS/c14-11-4-3-9(6-12(11)15)8-21-13-16-17-18-19(13)7-10-2-1-5-20-10/h1-6H,7-8H2. The molecular formula is C13H10Cl2N4OS. The van der Waals surface area contributed by atoms with Crippen molar-refractivity contribution < 1.29 is 4.42 Å². The molecule has 0 bridgehead atoms. The van der Waals surface area contributed by atoms with Crippen LogP contribution in [0.25, 0.3) is 0 Å². The van der Waals surface area contributed by atoms with Crippen molar-refractivity contribution in [3.05, 3.63) is 58.0 Å². The van der Waals surface area contributed by atoms with Crippen molar-refractivity contribution >= 4 is 35.0 Å². The molecule has 0 aliphatic rings. The van der Waals surface area contributed by atoms with E-state index in [1.165, 1.54) is 11.8 Å². The van der Waals surface area contributed by atoms with Crippen molar-refractivity contribution in [3.63, 3.8) is 0 Å². The molecule has 5 nitrogen and oxygen atoms in total. The van der Waals surface area contributed by atoms with Gasteiger partial charge in [0.1, 0.15) is 12.3 Å². The lowest BCUT2D eigenvalue weighted by Gasteiger charge is -2.04. The molecule has 0 N–H and O–H groups in total. The number of thioether (sulfide) groups is 1. The van der Waals surface area contributed by atoms with Gasteiger partial charge in [0.2, 0.25) is 5.16 Å². The van der Waals surface area contributed by atoms with Crippen LogP contribution < -0.4 is 0 Å². The van der Waals surface area contributed by atoms with E-state index in [9.17, 15) is 0 Å². The lowest BCUT2D eigenvalue weighted by molar-refractivity contribution is 0.462. The Balaban J connectivity index is 1.68. The SMILES string of the molecule is Clc1ccc(CSc2nnnn2Cc2ccco2)cc1Cl. The number of furan rings is 1. The van der Waals surface area contributed by atoms with Crippen LogP contribution in [0, 0.1) is 0 Å². The van der Waals surface area contributed by atoms with Gasteiger partial charge >= 0.3 is 0 Å². The minimum absolute atomic E-state index is 0.504. The van der Waals surface area contributed by atoms with Gasteiger partial charge in [0.05, 0.1) is 16.3 Å². The van der Waals surface area contributed by atoms with Crippen LogP contribution in [0.3, 0.4) is 0 Å². The van der Waals surface area contributed by atoms with Crippen molar-refractivity contribution in [1.29, 1.82) is 0 Å². The number of tetrazole rings is 1. The molecular weight excluding hydrogens is 331 g/mol. The van der Waals surface area contributed by atoms with Gasteiger partial charge in [0.25, 0.3) is 0 Å². The lowest BCUT2D eigenvalue weighted by Crippen LogP contribution is -2.03. The molecule has 0 saturated heterocycles. The van der Waals surface area contributed by atoms with Crippen LogP contribution in [-0.2, 0) is 12.3 Å². The van der Waals surface area contributed by atoms with Crippen LogP contribution >= 0.6 is 35.0 Å². The Morgan fingerprint density at radius 1 is 1.19 bits per heavy atom. The maximum Gasteiger partial charge on any atom is 0.210 e. The summed E-state index contributed by atoms with van der Waals surface area (Å²) in [6, 6.07) is 9.28. The van der Waals surface area contributed by atoms with E-state index in [2.05, 4.69) is 15.5 Å². The summed E-state index contributed by atoms with van der Waals surface area (Å²) in [6.07, 6.45) is 1.63. The van der Waals surface area contributed by atoms with Gasteiger partial charge in [-0.05, 0) is 40.3 Å². The number of nitrogens with zero attached hydrogens (tertiary/aromatic N) is 4. The van der Waals surface area contributed by atoms with Crippen molar-refractivity contribution in [2.75, 3.05) is 0 Å². The molecule has 8 heteroatoms. The number of benzene rings is 1. The largest absolute Gasteiger partial charge is 0.467 e. The summed E-state index contributed by atoms with van der Waals surface area (Å²) >= 11 is 13.4. The van der Waals surface area contributed by atoms with E-state index in [1.54, 1.807) is 17.0 Å². The molecule has 21 heavy (non-hydrogen) atoms. The summed E-state index contributed by atoms with van der Waals surface area (Å²) in [7, 11) is 0. The molecule has 108 valence electrons. The first kappa shape index (κ1) is 14.4. The zero-order valence-electron chi connectivity index (χ0n) is 10.7. The highest BCUT2D eigenvalue weighted by Gasteiger charge is 2.09. The molecule has 3 rings (SSSR count). The van der Waals surface area contributed by atoms with Crippen LogP contribution in [0.1, 0.15) is 11.3 Å². The van der Waals surface area contributed by atoms with Gasteiger partial charge < -0.3 is 4.42 Å². The van der Waals surface area contributed by atoms with Crippen molar-refractivity contribution in [3.8, 4) is 0 Å². The summed E-state index contributed by atoms with van der Waals surface area (Å²) in [6.45, 7) is 0.504. The number of hydrogen-bond acceptors (Lipinski definition) is 5. The summed E-state index contributed by atoms with van der Waals surface area (Å²) in [5.41, 5.74) is 1.06. The third kappa shape index (κ3) is 3.58. The molecule has 0 amide bonds. The molecule has 3 aromatic rings. The highest BCUT2D eigenvalue weighted by Crippen LogP contribution is 2.26. The molecule has 0 atom stereocenters. The molecule has 1 aromatic carbocycles. The predicted octanol–water partition coefficient (Wildman–Crippen LogP) is 3.91. The van der Waals surface area contributed by atoms with Gasteiger partial charge in [-0.2, -0.15) is 0 Å². The summed E-state index contributed by atoms with van der Waals surface area (Å²) < 4.78 is 6.99. The fourth-order valence-electron chi connectivity index (χ4n) is 1.73. The van der Waals surface area contributed by atoms with E-state index >= 15 is 0 Å². The van der Waals surface area contributed by atoms with E-state index in [1.807, 2.05) is 24.3 Å². The molecule has 0 spiro atoms. The fraction of sp³-hybridized carbons (Fsp3) is 0.154. The maximum atomic E-state index is 6.00. The van der Waals surface area contributed by atoms with Gasteiger partial charge in [-0.1, -0.05) is 41.0 Å². The molecule has 0 fully saturated rings. The van der Waals surface area contributed by atoms with Crippen molar-refractivity contribution in [1.82, 2.24) is 20.2 Å². The zero-order chi connectivity index (χ0) is 14.7. The second kappa shape index (κ2) is 6.51. The number of hydrogen-bond donors (Lipinski definition) is 0. The normalized spacial score (nSPS) is 11.0. The summed E-state index contributed by atoms with van der Waals surface area (Å²) in [4.78, 5) is 0. The highest BCUT2D eigenvalue weighted by molar-refractivity contribution is 7.98. The number of rotatable bonds is 5. The Hall–Kier alpha value is -1.50. The van der Waals surface area contributed by atoms with E-state index in [0.29, 0.717) is 22.3 Å². The first-order chi connectivity index (χ1) is 10.2. The Bertz CT molecular complexity index is 730. The molecule has 0 aliphatic carbocycles. The minimum atomic E-state index is 0.504. The van der Waals surface area contributed by atoms with E-state index in [-0.39, 0.29) is 0 Å². The van der Waals surface area contributed by atoms with Crippen LogP contribution in [0.4, 0.5) is 0 Å². The Morgan fingerprint density at radius 2 is 2.10 bits per heavy atom. The second-order valence-corrected chi connectivity index (χ2v) is 5.99. The quantitative estimate of drug-likeness (QED) is 0.659. The maximum absolute atomic E-state index is 6.00. The van der Waals surface area contributed by atoms with Crippen LogP contribution in [0.5, 0.6) is 0 Å². The van der Waals surface area contributed by atoms with Gasteiger partial charge in [0, 0.05) is 5.75 Å². The Labute approximate surface area is 135 Å². The smallest absolute Gasteiger partial charge is 0.210 e. The van der Waals surface area contributed by atoms with Gasteiger partial charge in [0.15, 0.2) is 0 Å². The molecule has 0 aliphatic heterocycles. The fourth-order valence-corrected chi connectivity index (χ4v) is 2.87. The second-order valence-electron chi connectivity index (χ2n) is 4.24. The third-order valence-corrected chi connectivity index (χ3v) is 4.50. The molecule has 0 unspecified atom stereocenters. The van der Waals surface area contributed by atoms with Crippen LogP contribution in [-0.4, -0.2) is 20.2 Å². The first-order valence-corrected chi connectivity index (χ1v) is 7.82. The molecule has 0 saturated carbocycles. The summed E-state index contributed by atoms with van der Waals surface area (Å²) in [5.74, 6) is 1.51. The topological polar surface area (TPSA) is 56.7 Å². The van der Waals surface area contributed by atoms with Gasteiger partial charge in [-0.25, -0.2) is 4.68 Å². The van der Waals surface area contributed by atoms with Crippen molar-refractivity contribution in [2.45, 2.75) is 17.5 Å². The van der Waals surface area contributed by atoms with E-state index in [0.717, 1.165) is 16.5 Å². The van der Waals surface area contributed by atoms with Crippen LogP contribution in [0.15, 0.2) is 46.2 Å². The van der Waals surface area contributed by atoms with E-state index < -0.39 is 0 Å². The zero-order valence-corrected chi connectivity index (χ0v) is 13.1. The Morgan fingerprint density at radius 3 is 2.86 bits per heavy atom.